The first-order valence-electron chi connectivity index (χ1n) is 5.97. The molecule has 2 atom stereocenters. The van der Waals surface area contributed by atoms with Crippen molar-refractivity contribution >= 4 is 0 Å². The van der Waals surface area contributed by atoms with Gasteiger partial charge in [-0.15, -0.1) is 0 Å². The molecule has 1 saturated heterocycles. The molecule has 2 heteroatoms. The van der Waals surface area contributed by atoms with Crippen LogP contribution in [0.2, 0.25) is 0 Å². The van der Waals surface area contributed by atoms with Gasteiger partial charge in [-0.2, -0.15) is 0 Å². The van der Waals surface area contributed by atoms with Crippen molar-refractivity contribution in [3.8, 4) is 0 Å². The Bertz CT molecular complexity index is 320. The molecule has 1 aliphatic rings. The fourth-order valence-corrected chi connectivity index (χ4v) is 2.04. The number of morpholine rings is 1. The number of nitrogens with one attached hydrogen (secondary N) is 1. The molecule has 1 N–H and O–H groups in total. The van der Waals surface area contributed by atoms with Crippen LogP contribution in [0, 0.1) is 5.41 Å². The Kier molecular flexibility index (Phi) is 3.31. The molecule has 0 aliphatic carbocycles. The average molecular weight is 219 g/mol. The standard InChI is InChI=1S/C14H21NO/c1-14(2,3)13-9-15-12(10-16-13)11-7-5-4-6-8-11/h4-8,12-13,15H,9-10H2,1-3H3. The monoisotopic (exact) mass is 219 g/mol. The van der Waals surface area contributed by atoms with Crippen molar-refractivity contribution in [2.24, 2.45) is 5.41 Å². The molecule has 0 spiro atoms. The van der Waals surface area contributed by atoms with Crippen LogP contribution in [-0.2, 0) is 4.74 Å². The zero-order valence-electron chi connectivity index (χ0n) is 10.4. The normalized spacial score (nSPS) is 26.7. The molecule has 0 bridgehead atoms. The van der Waals surface area contributed by atoms with Gasteiger partial charge in [0.15, 0.2) is 0 Å². The second kappa shape index (κ2) is 4.56. The molecular weight excluding hydrogens is 198 g/mol. The van der Waals surface area contributed by atoms with Crippen molar-refractivity contribution < 1.29 is 4.74 Å². The average Bonchev–Trinajstić information content (AvgIpc) is 2.29. The lowest BCUT2D eigenvalue weighted by Gasteiger charge is -2.37. The van der Waals surface area contributed by atoms with Crippen molar-refractivity contribution in [2.75, 3.05) is 13.2 Å². The number of rotatable bonds is 1. The van der Waals surface area contributed by atoms with Crippen molar-refractivity contribution in [1.29, 1.82) is 0 Å². The lowest BCUT2D eigenvalue weighted by atomic mass is 9.87. The molecule has 1 aromatic carbocycles. The lowest BCUT2D eigenvalue weighted by molar-refractivity contribution is -0.0543. The maximum Gasteiger partial charge on any atom is 0.0748 e. The van der Waals surface area contributed by atoms with Crippen LogP contribution in [0.15, 0.2) is 30.3 Å². The molecular formula is C14H21NO. The van der Waals surface area contributed by atoms with E-state index in [2.05, 4.69) is 50.4 Å². The highest BCUT2D eigenvalue weighted by Gasteiger charge is 2.30. The highest BCUT2D eigenvalue weighted by molar-refractivity contribution is 5.19. The Morgan fingerprint density at radius 3 is 2.38 bits per heavy atom. The minimum atomic E-state index is 0.217. The minimum absolute atomic E-state index is 0.217. The molecule has 0 radical (unpaired) electrons. The summed E-state index contributed by atoms with van der Waals surface area (Å²) in [6, 6.07) is 10.8. The molecule has 16 heavy (non-hydrogen) atoms. The molecule has 1 fully saturated rings. The summed E-state index contributed by atoms with van der Waals surface area (Å²) in [5.74, 6) is 0. The zero-order valence-corrected chi connectivity index (χ0v) is 10.4. The van der Waals surface area contributed by atoms with E-state index in [0.29, 0.717) is 12.1 Å². The van der Waals surface area contributed by atoms with E-state index >= 15 is 0 Å². The Morgan fingerprint density at radius 2 is 1.88 bits per heavy atom. The SMILES string of the molecule is CC(C)(C)C1CNC(c2ccccc2)CO1. The van der Waals surface area contributed by atoms with Gasteiger partial charge in [-0.05, 0) is 11.0 Å². The molecule has 2 rings (SSSR count). The molecule has 88 valence electrons. The van der Waals surface area contributed by atoms with Gasteiger partial charge in [0.05, 0.1) is 18.8 Å². The van der Waals surface area contributed by atoms with E-state index in [1.807, 2.05) is 6.07 Å². The second-order valence-corrected chi connectivity index (χ2v) is 5.56. The van der Waals surface area contributed by atoms with Crippen LogP contribution in [0.4, 0.5) is 0 Å². The van der Waals surface area contributed by atoms with E-state index in [9.17, 15) is 0 Å². The molecule has 1 aliphatic heterocycles. The predicted molar refractivity (Wildman–Crippen MR) is 66.4 cm³/mol. The van der Waals surface area contributed by atoms with E-state index in [0.717, 1.165) is 13.2 Å². The fourth-order valence-electron chi connectivity index (χ4n) is 2.04. The van der Waals surface area contributed by atoms with Crippen LogP contribution < -0.4 is 5.32 Å². The molecule has 0 aromatic heterocycles. The van der Waals surface area contributed by atoms with Crippen molar-refractivity contribution in [2.45, 2.75) is 32.9 Å². The van der Waals surface area contributed by atoms with E-state index in [1.54, 1.807) is 0 Å². The first-order valence-corrected chi connectivity index (χ1v) is 5.97. The number of benzene rings is 1. The summed E-state index contributed by atoms with van der Waals surface area (Å²) in [7, 11) is 0. The summed E-state index contributed by atoms with van der Waals surface area (Å²) < 4.78 is 5.95. The number of hydrogen-bond acceptors (Lipinski definition) is 2. The van der Waals surface area contributed by atoms with E-state index in [4.69, 9.17) is 4.74 Å². The van der Waals surface area contributed by atoms with Gasteiger partial charge < -0.3 is 10.1 Å². The zero-order chi connectivity index (χ0) is 11.6. The van der Waals surface area contributed by atoms with Crippen LogP contribution >= 0.6 is 0 Å². The molecule has 1 heterocycles. The highest BCUT2D eigenvalue weighted by Crippen LogP contribution is 2.27. The summed E-state index contributed by atoms with van der Waals surface area (Å²) in [6.07, 6.45) is 0.312. The Morgan fingerprint density at radius 1 is 1.19 bits per heavy atom. The maximum absolute atomic E-state index is 5.95. The quantitative estimate of drug-likeness (QED) is 0.784. The Labute approximate surface area is 98.0 Å². The Balaban J connectivity index is 1.96. The van der Waals surface area contributed by atoms with Gasteiger partial charge in [0.2, 0.25) is 0 Å². The third-order valence-corrected chi connectivity index (χ3v) is 3.18. The smallest absolute Gasteiger partial charge is 0.0748 e. The van der Waals surface area contributed by atoms with E-state index in [-0.39, 0.29) is 5.41 Å². The summed E-state index contributed by atoms with van der Waals surface area (Å²) in [6.45, 7) is 8.38. The number of ether oxygens (including phenoxy) is 1. The number of hydrogen-bond donors (Lipinski definition) is 1. The van der Waals surface area contributed by atoms with Gasteiger partial charge in [0.25, 0.3) is 0 Å². The first-order chi connectivity index (χ1) is 7.57. The van der Waals surface area contributed by atoms with Crippen LogP contribution in [0.3, 0.4) is 0 Å². The van der Waals surface area contributed by atoms with Gasteiger partial charge >= 0.3 is 0 Å². The molecule has 1 aromatic rings. The third kappa shape index (κ3) is 2.63. The van der Waals surface area contributed by atoms with Gasteiger partial charge in [-0.3, -0.25) is 0 Å². The third-order valence-electron chi connectivity index (χ3n) is 3.18. The van der Waals surface area contributed by atoms with Crippen molar-refractivity contribution in [1.82, 2.24) is 5.32 Å². The fraction of sp³-hybridized carbons (Fsp3) is 0.571. The summed E-state index contributed by atoms with van der Waals surface area (Å²) in [5, 5.41) is 3.57. The van der Waals surface area contributed by atoms with Crippen LogP contribution in [-0.4, -0.2) is 19.3 Å². The summed E-state index contributed by atoms with van der Waals surface area (Å²) >= 11 is 0. The van der Waals surface area contributed by atoms with Crippen LogP contribution in [0.25, 0.3) is 0 Å². The molecule has 0 saturated carbocycles. The van der Waals surface area contributed by atoms with Gasteiger partial charge in [-0.1, -0.05) is 51.1 Å². The molecule has 0 amide bonds. The van der Waals surface area contributed by atoms with Gasteiger partial charge in [0.1, 0.15) is 0 Å². The topological polar surface area (TPSA) is 21.3 Å². The largest absolute Gasteiger partial charge is 0.374 e. The maximum atomic E-state index is 5.95. The van der Waals surface area contributed by atoms with Crippen molar-refractivity contribution in [3.05, 3.63) is 35.9 Å². The molecule has 2 nitrogen and oxygen atoms in total. The van der Waals surface area contributed by atoms with Gasteiger partial charge in [-0.25, -0.2) is 0 Å². The van der Waals surface area contributed by atoms with Gasteiger partial charge in [0, 0.05) is 6.54 Å². The highest BCUT2D eigenvalue weighted by atomic mass is 16.5. The van der Waals surface area contributed by atoms with Crippen molar-refractivity contribution in [3.63, 3.8) is 0 Å². The van der Waals surface area contributed by atoms with Crippen LogP contribution in [0.1, 0.15) is 32.4 Å². The first kappa shape index (κ1) is 11.6. The molecule has 2 unspecified atom stereocenters. The van der Waals surface area contributed by atoms with E-state index < -0.39 is 0 Å². The Hall–Kier alpha value is -0.860. The predicted octanol–water partition coefficient (Wildman–Crippen LogP) is 2.76. The summed E-state index contributed by atoms with van der Waals surface area (Å²) in [4.78, 5) is 0. The lowest BCUT2D eigenvalue weighted by Crippen LogP contribution is -2.46. The van der Waals surface area contributed by atoms with Crippen LogP contribution in [0.5, 0.6) is 0 Å². The van der Waals surface area contributed by atoms with E-state index in [1.165, 1.54) is 5.56 Å². The second-order valence-electron chi connectivity index (χ2n) is 5.56. The summed E-state index contributed by atoms with van der Waals surface area (Å²) in [5.41, 5.74) is 1.53. The minimum Gasteiger partial charge on any atom is -0.374 e.